The number of fused-ring (bicyclic) bond motifs is 6. The normalized spacial score (nSPS) is 12.0. The summed E-state index contributed by atoms with van der Waals surface area (Å²) in [4.78, 5) is 5.14. The van der Waals surface area contributed by atoms with Gasteiger partial charge in [0.15, 0.2) is 0 Å². The van der Waals surface area contributed by atoms with E-state index in [9.17, 15) is 0 Å². The average molecular weight is 794 g/mol. The number of para-hydroxylation sites is 2. The van der Waals surface area contributed by atoms with Crippen LogP contribution in [0.5, 0.6) is 0 Å². The van der Waals surface area contributed by atoms with E-state index in [1.807, 2.05) is 54.8 Å². The van der Waals surface area contributed by atoms with E-state index in [4.69, 9.17) is 15.5 Å². The highest BCUT2D eigenvalue weighted by molar-refractivity contribution is 6.12. The van der Waals surface area contributed by atoms with Crippen LogP contribution in [-0.4, -0.2) is 26.1 Å². The number of pyridine rings is 1. The molecule has 0 spiro atoms. The Hall–Kier alpha value is -8.41. The molecule has 0 saturated carbocycles. The molecule has 292 valence electrons. The number of nitrogens with zero attached hydrogens (tertiary/aromatic N) is 4. The summed E-state index contributed by atoms with van der Waals surface area (Å²) < 4.78 is 4.43. The molecule has 0 fully saturated rings. The largest absolute Gasteiger partial charge is 0.309 e. The van der Waals surface area contributed by atoms with Crippen molar-refractivity contribution in [2.24, 2.45) is 4.99 Å². The van der Waals surface area contributed by atoms with E-state index in [0.717, 1.165) is 83.3 Å². The maximum absolute atomic E-state index is 9.13. The van der Waals surface area contributed by atoms with Crippen molar-refractivity contribution in [1.29, 1.82) is 5.41 Å². The number of aliphatic imine (C=N–C) groups is 1. The molecule has 3 aromatic heterocycles. The second-order valence-electron chi connectivity index (χ2n) is 15.4. The smallest absolute Gasteiger partial charge is 0.101 e. The van der Waals surface area contributed by atoms with Crippen LogP contribution in [0.3, 0.4) is 0 Å². The molecule has 5 nitrogen and oxygen atoms in total. The average Bonchev–Trinajstić information content (AvgIpc) is 3.91. The van der Waals surface area contributed by atoms with Gasteiger partial charge < -0.3 is 9.98 Å². The van der Waals surface area contributed by atoms with Gasteiger partial charge in [0.1, 0.15) is 5.69 Å². The summed E-state index contributed by atoms with van der Waals surface area (Å²) in [5.74, 6) is 0. The second-order valence-corrected chi connectivity index (χ2v) is 15.4. The lowest BCUT2D eigenvalue weighted by Gasteiger charge is -2.11. The monoisotopic (exact) mass is 793 g/mol. The summed E-state index contributed by atoms with van der Waals surface area (Å²) in [6.07, 6.45) is 3.77. The Labute approximate surface area is 359 Å². The third-order valence-electron chi connectivity index (χ3n) is 11.6. The van der Waals surface area contributed by atoms with Crippen molar-refractivity contribution in [3.63, 3.8) is 0 Å². The molecule has 0 radical (unpaired) electrons. The Morgan fingerprint density at radius 1 is 0.500 bits per heavy atom. The molecule has 0 aliphatic carbocycles. The molecule has 0 unspecified atom stereocenters. The predicted octanol–water partition coefficient (Wildman–Crippen LogP) is 14.1. The van der Waals surface area contributed by atoms with E-state index in [1.54, 1.807) is 0 Å². The second kappa shape index (κ2) is 15.6. The van der Waals surface area contributed by atoms with Crippen LogP contribution in [0.25, 0.3) is 83.1 Å². The van der Waals surface area contributed by atoms with Crippen molar-refractivity contribution < 1.29 is 0 Å². The highest BCUT2D eigenvalue weighted by Crippen LogP contribution is 2.41. The first-order valence-corrected chi connectivity index (χ1v) is 20.8. The molecule has 1 N–H and O–H groups in total. The summed E-state index contributed by atoms with van der Waals surface area (Å²) in [5, 5.41) is 19.2. The van der Waals surface area contributed by atoms with Crippen molar-refractivity contribution in [3.05, 3.63) is 241 Å². The van der Waals surface area contributed by atoms with Crippen molar-refractivity contribution in [1.82, 2.24) is 14.2 Å². The minimum Gasteiger partial charge on any atom is -0.309 e. The molecule has 0 atom stereocenters. The predicted molar refractivity (Wildman–Crippen MR) is 259 cm³/mol. The molecule has 0 amide bonds. The SMILES string of the molecule is N=C(/C=C(\N=Cc1ccc(-c2c(-c3ccccc3)nn3c(-c4ccccc4)cc4ccccc4c23)cc1)c1cccc(-n2c3ccccc3c3ccccc32)c1)c1ccccc1. The number of benzene rings is 8. The fourth-order valence-corrected chi connectivity index (χ4v) is 8.69. The Morgan fingerprint density at radius 3 is 1.77 bits per heavy atom. The van der Waals surface area contributed by atoms with Crippen molar-refractivity contribution >= 4 is 55.7 Å². The van der Waals surface area contributed by atoms with Gasteiger partial charge in [0, 0.05) is 50.3 Å². The number of rotatable bonds is 9. The molecular weight excluding hydrogens is 755 g/mol. The number of allylic oxidation sites excluding steroid dienone is 1. The van der Waals surface area contributed by atoms with Gasteiger partial charge in [-0.15, -0.1) is 0 Å². The van der Waals surface area contributed by atoms with Crippen LogP contribution in [0.2, 0.25) is 0 Å². The maximum Gasteiger partial charge on any atom is 0.101 e. The Morgan fingerprint density at radius 2 is 1.08 bits per heavy atom. The molecule has 0 aliphatic heterocycles. The van der Waals surface area contributed by atoms with E-state index in [-0.39, 0.29) is 0 Å². The molecule has 11 aromatic rings. The molecule has 8 aromatic carbocycles. The summed E-state index contributed by atoms with van der Waals surface area (Å²) in [7, 11) is 0. The van der Waals surface area contributed by atoms with E-state index in [1.165, 1.54) is 10.8 Å². The molecular formula is C57H39N5. The summed E-state index contributed by atoms with van der Waals surface area (Å²) in [5.41, 5.74) is 14.4. The van der Waals surface area contributed by atoms with Crippen LogP contribution < -0.4 is 0 Å². The van der Waals surface area contributed by atoms with Crippen LogP contribution in [0, 0.1) is 5.41 Å². The lowest BCUT2D eigenvalue weighted by molar-refractivity contribution is 0.979. The van der Waals surface area contributed by atoms with Gasteiger partial charge in [0.2, 0.25) is 0 Å². The first kappa shape index (κ1) is 36.7. The van der Waals surface area contributed by atoms with Crippen molar-refractivity contribution in [2.75, 3.05) is 0 Å². The maximum atomic E-state index is 9.13. The lowest BCUT2D eigenvalue weighted by Crippen LogP contribution is -1.98. The van der Waals surface area contributed by atoms with Gasteiger partial charge in [-0.05, 0) is 58.5 Å². The highest BCUT2D eigenvalue weighted by Gasteiger charge is 2.21. The number of hydrogen-bond acceptors (Lipinski definition) is 3. The van der Waals surface area contributed by atoms with Gasteiger partial charge in [-0.2, -0.15) is 5.10 Å². The van der Waals surface area contributed by atoms with E-state index < -0.39 is 0 Å². The molecule has 3 heterocycles. The fraction of sp³-hybridized carbons (Fsp3) is 0. The molecule has 0 bridgehead atoms. The Balaban J connectivity index is 1.03. The zero-order valence-corrected chi connectivity index (χ0v) is 33.7. The van der Waals surface area contributed by atoms with Crippen LogP contribution in [0.4, 0.5) is 0 Å². The van der Waals surface area contributed by atoms with Gasteiger partial charge in [0.25, 0.3) is 0 Å². The highest BCUT2D eigenvalue weighted by atomic mass is 15.2. The van der Waals surface area contributed by atoms with Gasteiger partial charge in [-0.1, -0.05) is 188 Å². The Bertz CT molecular complexity index is 3450. The summed E-state index contributed by atoms with van der Waals surface area (Å²) >= 11 is 0. The topological polar surface area (TPSA) is 58.4 Å². The van der Waals surface area contributed by atoms with Gasteiger partial charge in [-0.3, -0.25) is 4.99 Å². The third kappa shape index (κ3) is 6.59. The minimum absolute atomic E-state index is 0.388. The first-order chi connectivity index (χ1) is 30.7. The van der Waals surface area contributed by atoms with Crippen LogP contribution in [-0.2, 0) is 0 Å². The molecule has 5 heteroatoms. The third-order valence-corrected chi connectivity index (χ3v) is 11.6. The van der Waals surface area contributed by atoms with Gasteiger partial charge in [0.05, 0.1) is 33.7 Å². The minimum atomic E-state index is 0.388. The molecule has 62 heavy (non-hydrogen) atoms. The summed E-state index contributed by atoms with van der Waals surface area (Å²) in [6.45, 7) is 0. The van der Waals surface area contributed by atoms with E-state index >= 15 is 0 Å². The fourth-order valence-electron chi connectivity index (χ4n) is 8.69. The lowest BCUT2D eigenvalue weighted by atomic mass is 9.96. The molecule has 0 aliphatic rings. The molecule has 0 saturated heterocycles. The number of aromatic nitrogens is 3. The zero-order chi connectivity index (χ0) is 41.4. The zero-order valence-electron chi connectivity index (χ0n) is 33.7. The quantitative estimate of drug-likeness (QED) is 0.145. The van der Waals surface area contributed by atoms with E-state index in [2.05, 4.69) is 185 Å². The van der Waals surface area contributed by atoms with Crippen LogP contribution >= 0.6 is 0 Å². The van der Waals surface area contributed by atoms with Crippen molar-refractivity contribution in [2.45, 2.75) is 0 Å². The number of nitrogens with one attached hydrogen (secondary N) is 1. The first-order valence-electron chi connectivity index (χ1n) is 20.8. The van der Waals surface area contributed by atoms with Gasteiger partial charge >= 0.3 is 0 Å². The van der Waals surface area contributed by atoms with Crippen LogP contribution in [0.1, 0.15) is 16.7 Å². The summed E-state index contributed by atoms with van der Waals surface area (Å²) in [6, 6.07) is 75.7. The molecule has 11 rings (SSSR count). The number of hydrogen-bond donors (Lipinski definition) is 1. The van der Waals surface area contributed by atoms with Gasteiger partial charge in [-0.25, -0.2) is 4.52 Å². The standard InChI is InChI=1S/C57H39N5/c58-50(40-17-4-1-5-18-40)37-51(45-24-16-25-46(35-45)61-52-29-14-12-27-48(52)49-28-13-15-30-53(49)61)59-38-39-31-33-42(34-32-39)55-56(43-21-8-3-9-22-43)60-62-54(41-19-6-2-7-20-41)36-44-23-10-11-26-47(44)57(55)62/h1-38,58H/b51-37-,58-50?,59-38?. The van der Waals surface area contributed by atoms with Crippen molar-refractivity contribution in [3.8, 4) is 39.3 Å². The van der Waals surface area contributed by atoms with E-state index in [0.29, 0.717) is 11.4 Å². The Kier molecular flexibility index (Phi) is 9.25. The van der Waals surface area contributed by atoms with Crippen LogP contribution in [0.15, 0.2) is 229 Å².